The number of rotatable bonds is 4. The van der Waals surface area contributed by atoms with Crippen LogP contribution in [0.15, 0.2) is 23.7 Å². The Morgan fingerprint density at radius 2 is 2.32 bits per heavy atom. The van der Waals surface area contributed by atoms with E-state index in [9.17, 15) is 9.18 Å². The quantitative estimate of drug-likeness (QED) is 0.936. The molecule has 0 saturated heterocycles. The first-order valence-corrected chi connectivity index (χ1v) is 6.79. The predicted octanol–water partition coefficient (Wildman–Crippen LogP) is 2.73. The van der Waals surface area contributed by atoms with E-state index < -0.39 is 11.7 Å². The Morgan fingerprint density at radius 1 is 1.53 bits per heavy atom. The summed E-state index contributed by atoms with van der Waals surface area (Å²) < 4.78 is 13.3. The summed E-state index contributed by atoms with van der Waals surface area (Å²) in [5.74, 6) is -0.796. The number of halogens is 1. The smallest absolute Gasteiger partial charge is 0.273 e. The predicted molar refractivity (Wildman–Crippen MR) is 71.6 cm³/mol. The van der Waals surface area contributed by atoms with Crippen LogP contribution in [-0.4, -0.2) is 15.9 Å². The summed E-state index contributed by atoms with van der Waals surface area (Å²) in [6, 6.07) is 2.66. The van der Waals surface area contributed by atoms with Crippen LogP contribution >= 0.6 is 11.3 Å². The van der Waals surface area contributed by atoms with Crippen molar-refractivity contribution in [3.8, 4) is 0 Å². The maximum atomic E-state index is 13.3. The summed E-state index contributed by atoms with van der Waals surface area (Å²) in [5.41, 5.74) is 0.807. The van der Waals surface area contributed by atoms with Crippen LogP contribution in [0.1, 0.15) is 41.0 Å². The van der Waals surface area contributed by atoms with E-state index in [1.54, 1.807) is 0 Å². The number of carbonyl (C=O) groups excluding carboxylic acids is 1. The van der Waals surface area contributed by atoms with Crippen molar-refractivity contribution >= 4 is 17.2 Å². The number of thiazole rings is 1. The van der Waals surface area contributed by atoms with Crippen LogP contribution in [0, 0.1) is 5.82 Å². The van der Waals surface area contributed by atoms with Crippen LogP contribution < -0.4 is 5.32 Å². The fraction of sp³-hybridized carbons (Fsp3) is 0.308. The Balaban J connectivity index is 1.98. The zero-order valence-corrected chi connectivity index (χ0v) is 11.5. The molecule has 0 aliphatic rings. The van der Waals surface area contributed by atoms with E-state index >= 15 is 0 Å². The summed E-state index contributed by atoms with van der Waals surface area (Å²) in [6.45, 7) is 4.40. The second-order valence-corrected chi connectivity index (χ2v) is 5.28. The third-order valence-electron chi connectivity index (χ3n) is 2.53. The maximum Gasteiger partial charge on any atom is 0.273 e. The number of hydrogen-bond acceptors (Lipinski definition) is 4. The highest BCUT2D eigenvalue weighted by Gasteiger charge is 2.13. The molecule has 1 N–H and O–H groups in total. The van der Waals surface area contributed by atoms with Crippen LogP contribution in [0.25, 0.3) is 0 Å². The van der Waals surface area contributed by atoms with Crippen LogP contribution in [-0.2, 0) is 6.54 Å². The van der Waals surface area contributed by atoms with Crippen LogP contribution in [0.3, 0.4) is 0 Å². The third kappa shape index (κ3) is 3.35. The molecule has 2 heterocycles. The molecule has 0 fully saturated rings. The lowest BCUT2D eigenvalue weighted by Crippen LogP contribution is -2.24. The molecule has 0 atom stereocenters. The van der Waals surface area contributed by atoms with Crippen molar-refractivity contribution in [1.29, 1.82) is 0 Å². The van der Waals surface area contributed by atoms with Crippen LogP contribution in [0.5, 0.6) is 0 Å². The summed E-state index contributed by atoms with van der Waals surface area (Å²) in [7, 11) is 0. The van der Waals surface area contributed by atoms with Crippen LogP contribution in [0.2, 0.25) is 0 Å². The molecule has 0 aromatic carbocycles. The van der Waals surface area contributed by atoms with Gasteiger partial charge >= 0.3 is 0 Å². The second-order valence-electron chi connectivity index (χ2n) is 4.34. The first kappa shape index (κ1) is 13.6. The van der Waals surface area contributed by atoms with Crippen LogP contribution in [0.4, 0.5) is 4.39 Å². The topological polar surface area (TPSA) is 54.9 Å². The van der Waals surface area contributed by atoms with Gasteiger partial charge in [-0.05, 0) is 18.1 Å². The van der Waals surface area contributed by atoms with E-state index in [1.165, 1.54) is 29.7 Å². The Bertz CT molecular complexity index is 583. The molecule has 19 heavy (non-hydrogen) atoms. The van der Waals surface area contributed by atoms with Crippen molar-refractivity contribution in [2.24, 2.45) is 0 Å². The van der Waals surface area contributed by atoms with E-state index in [4.69, 9.17) is 0 Å². The summed E-state index contributed by atoms with van der Waals surface area (Å²) in [6.07, 6.45) is 1.39. The van der Waals surface area contributed by atoms with Crippen molar-refractivity contribution < 1.29 is 9.18 Å². The molecular formula is C13H14FN3OS. The van der Waals surface area contributed by atoms with Gasteiger partial charge in [0.1, 0.15) is 5.01 Å². The number of pyridine rings is 1. The number of aromatic nitrogens is 2. The normalized spacial score (nSPS) is 10.7. The Kier molecular flexibility index (Phi) is 4.21. The maximum absolute atomic E-state index is 13.3. The van der Waals surface area contributed by atoms with Gasteiger partial charge in [0.2, 0.25) is 0 Å². The highest BCUT2D eigenvalue weighted by atomic mass is 32.1. The Labute approximate surface area is 114 Å². The molecule has 0 saturated carbocycles. The molecule has 2 aromatic rings. The second kappa shape index (κ2) is 5.88. The van der Waals surface area contributed by atoms with E-state index in [-0.39, 0.29) is 12.2 Å². The molecule has 0 aliphatic heterocycles. The number of carbonyl (C=O) groups is 1. The Hall–Kier alpha value is -1.82. The lowest BCUT2D eigenvalue weighted by molar-refractivity contribution is 0.0941. The molecule has 0 radical (unpaired) electrons. The lowest BCUT2D eigenvalue weighted by atomic mass is 10.2. The van der Waals surface area contributed by atoms with Gasteiger partial charge < -0.3 is 5.32 Å². The summed E-state index contributed by atoms with van der Waals surface area (Å²) >= 11 is 1.48. The summed E-state index contributed by atoms with van der Waals surface area (Å²) in [5, 5.41) is 5.38. The average molecular weight is 279 g/mol. The van der Waals surface area contributed by atoms with Gasteiger partial charge in [-0.15, -0.1) is 11.3 Å². The first-order chi connectivity index (χ1) is 9.08. The standard InChI is InChI=1S/C13H14FN3OS/c1-8(2)10-7-19-11(17-10)6-16-13(18)12-9(14)4-3-5-15-12/h3-5,7-8H,6H2,1-2H3,(H,16,18). The van der Waals surface area contributed by atoms with Crippen molar-refractivity contribution in [2.45, 2.75) is 26.3 Å². The monoisotopic (exact) mass is 279 g/mol. The summed E-state index contributed by atoms with van der Waals surface area (Å²) in [4.78, 5) is 19.9. The molecular weight excluding hydrogens is 265 g/mol. The van der Waals surface area contributed by atoms with Gasteiger partial charge in [-0.3, -0.25) is 4.79 Å². The van der Waals surface area contributed by atoms with Crippen molar-refractivity contribution in [1.82, 2.24) is 15.3 Å². The minimum atomic E-state index is -0.623. The number of nitrogens with one attached hydrogen (secondary N) is 1. The SMILES string of the molecule is CC(C)c1csc(CNC(=O)c2ncccc2F)n1. The first-order valence-electron chi connectivity index (χ1n) is 5.91. The zero-order chi connectivity index (χ0) is 13.8. The largest absolute Gasteiger partial charge is 0.344 e. The van der Waals surface area contributed by atoms with Crippen molar-refractivity contribution in [2.75, 3.05) is 0 Å². The molecule has 0 bridgehead atoms. The molecule has 1 amide bonds. The molecule has 2 aromatic heterocycles. The fourth-order valence-electron chi connectivity index (χ4n) is 1.46. The van der Waals surface area contributed by atoms with Gasteiger partial charge in [-0.1, -0.05) is 13.8 Å². The van der Waals surface area contributed by atoms with Gasteiger partial charge in [0.15, 0.2) is 11.5 Å². The van der Waals surface area contributed by atoms with Gasteiger partial charge in [0.05, 0.1) is 12.2 Å². The van der Waals surface area contributed by atoms with Gasteiger partial charge in [0.25, 0.3) is 5.91 Å². The number of nitrogens with zero attached hydrogens (tertiary/aromatic N) is 2. The third-order valence-corrected chi connectivity index (χ3v) is 3.40. The van der Waals surface area contributed by atoms with Crippen molar-refractivity contribution in [3.05, 3.63) is 45.9 Å². The average Bonchev–Trinajstić information content (AvgIpc) is 2.85. The number of hydrogen-bond donors (Lipinski definition) is 1. The van der Waals surface area contributed by atoms with E-state index in [0.29, 0.717) is 5.92 Å². The molecule has 6 heteroatoms. The van der Waals surface area contributed by atoms with Gasteiger partial charge in [-0.2, -0.15) is 0 Å². The molecule has 2 rings (SSSR count). The van der Waals surface area contributed by atoms with Gasteiger partial charge in [0, 0.05) is 11.6 Å². The molecule has 0 aliphatic carbocycles. The Morgan fingerprint density at radius 3 is 2.95 bits per heavy atom. The fourth-order valence-corrected chi connectivity index (χ4v) is 2.36. The minimum absolute atomic E-state index is 0.192. The van der Waals surface area contributed by atoms with E-state index in [2.05, 4.69) is 29.1 Å². The highest BCUT2D eigenvalue weighted by molar-refractivity contribution is 7.09. The van der Waals surface area contributed by atoms with Crippen molar-refractivity contribution in [3.63, 3.8) is 0 Å². The zero-order valence-electron chi connectivity index (χ0n) is 10.7. The molecule has 100 valence electrons. The highest BCUT2D eigenvalue weighted by Crippen LogP contribution is 2.17. The molecule has 0 unspecified atom stereocenters. The van der Waals surface area contributed by atoms with E-state index in [0.717, 1.165) is 10.7 Å². The van der Waals surface area contributed by atoms with Gasteiger partial charge in [-0.25, -0.2) is 14.4 Å². The molecule has 0 spiro atoms. The molecule has 4 nitrogen and oxygen atoms in total. The lowest BCUT2D eigenvalue weighted by Gasteiger charge is -2.03. The minimum Gasteiger partial charge on any atom is -0.344 e. The van der Waals surface area contributed by atoms with E-state index in [1.807, 2.05) is 5.38 Å². The number of amides is 1.